The van der Waals surface area contributed by atoms with Gasteiger partial charge in [0, 0.05) is 54.2 Å². The molecule has 294 valence electrons. The van der Waals surface area contributed by atoms with Crippen molar-refractivity contribution in [1.29, 1.82) is 0 Å². The third kappa shape index (κ3) is 7.67. The molecule has 1 aliphatic heterocycles. The number of aryl methyl sites for hydroxylation is 1. The number of carbonyl (C=O) groups excluding carboxylic acids is 3. The lowest BCUT2D eigenvalue weighted by atomic mass is 9.84. The largest absolute Gasteiger partial charge is 0.496 e. The van der Waals surface area contributed by atoms with E-state index in [1.807, 2.05) is 37.3 Å². The van der Waals surface area contributed by atoms with Crippen molar-refractivity contribution in [3.8, 4) is 22.9 Å². The first kappa shape index (κ1) is 38.1. The highest BCUT2D eigenvalue weighted by atomic mass is 32.2. The van der Waals surface area contributed by atoms with Gasteiger partial charge in [0.1, 0.15) is 23.4 Å². The van der Waals surface area contributed by atoms with Crippen LogP contribution in [0.1, 0.15) is 106 Å². The van der Waals surface area contributed by atoms with Gasteiger partial charge in [-0.05, 0) is 89.2 Å². The smallest absolute Gasteiger partial charge is 0.240 e. The van der Waals surface area contributed by atoms with Crippen LogP contribution in [0.2, 0.25) is 0 Å². The van der Waals surface area contributed by atoms with E-state index in [-0.39, 0.29) is 24.0 Å². The van der Waals surface area contributed by atoms with Gasteiger partial charge in [0.05, 0.1) is 45.6 Å². The molecule has 0 bridgehead atoms. The van der Waals surface area contributed by atoms with Gasteiger partial charge in [-0.2, -0.15) is 0 Å². The van der Waals surface area contributed by atoms with Gasteiger partial charge in [-0.1, -0.05) is 31.4 Å². The summed E-state index contributed by atoms with van der Waals surface area (Å²) in [6.45, 7) is 2.56. The predicted octanol–water partition coefficient (Wildman–Crippen LogP) is 7.27. The molecule has 8 rings (SSSR count). The summed E-state index contributed by atoms with van der Waals surface area (Å²) in [4.78, 5) is 54.2. The number of sulfonamides is 1. The number of fused-ring (bicyclic) bond motifs is 3. The lowest BCUT2D eigenvalue weighted by molar-refractivity contribution is -0.140. The second kappa shape index (κ2) is 15.2. The number of hydrogen-bond acceptors (Lipinski definition) is 10. The number of amides is 2. The summed E-state index contributed by atoms with van der Waals surface area (Å²) < 4.78 is 40.6. The molecule has 0 saturated heterocycles. The fourth-order valence-electron chi connectivity index (χ4n) is 9.20. The lowest BCUT2D eigenvalue weighted by Gasteiger charge is -2.26. The van der Waals surface area contributed by atoms with Crippen molar-refractivity contribution in [3.05, 3.63) is 46.3 Å². The number of Topliss-reactive ketones (excluding diaryl/α,β-unsaturated/α-hetero) is 1. The maximum Gasteiger partial charge on any atom is 0.240 e. The molecule has 1 N–H and O–H groups in total. The Morgan fingerprint density at radius 1 is 0.982 bits per heavy atom. The average Bonchev–Trinajstić information content (AvgIpc) is 4.06. The van der Waals surface area contributed by atoms with Crippen molar-refractivity contribution in [2.75, 3.05) is 20.7 Å². The van der Waals surface area contributed by atoms with Gasteiger partial charge in [0.15, 0.2) is 0 Å². The summed E-state index contributed by atoms with van der Waals surface area (Å²) in [5.74, 6) is -0.635. The molecule has 55 heavy (non-hydrogen) atoms. The van der Waals surface area contributed by atoms with Crippen molar-refractivity contribution < 1.29 is 32.3 Å². The molecular formula is C42H52N4O7S2. The molecule has 0 spiro atoms. The first-order valence-corrected chi connectivity index (χ1v) is 22.5. The van der Waals surface area contributed by atoms with Crippen LogP contribution in [0.25, 0.3) is 22.3 Å². The van der Waals surface area contributed by atoms with Gasteiger partial charge in [-0.15, -0.1) is 11.3 Å². The number of methoxy groups -OCH3 is 1. The number of ether oxygens (including phenoxy) is 2. The van der Waals surface area contributed by atoms with E-state index in [1.54, 1.807) is 30.4 Å². The van der Waals surface area contributed by atoms with Crippen LogP contribution in [0.5, 0.6) is 11.5 Å². The number of aromatic nitrogens is 2. The molecule has 1 aromatic carbocycles. The number of nitrogens with zero attached hydrogens (tertiary/aromatic N) is 3. The van der Waals surface area contributed by atoms with E-state index in [0.29, 0.717) is 61.8 Å². The number of pyridine rings is 1. The van der Waals surface area contributed by atoms with Gasteiger partial charge in [-0.25, -0.2) is 18.4 Å². The summed E-state index contributed by atoms with van der Waals surface area (Å²) in [5.41, 5.74) is 1.97. The minimum absolute atomic E-state index is 0.0993. The summed E-state index contributed by atoms with van der Waals surface area (Å²) in [6.07, 6.45) is 14.0. The van der Waals surface area contributed by atoms with Crippen LogP contribution in [0.4, 0.5) is 0 Å². The first-order chi connectivity index (χ1) is 26.5. The Bertz CT molecular complexity index is 2120. The Hall–Kier alpha value is -3.84. The Morgan fingerprint density at radius 3 is 2.53 bits per heavy atom. The van der Waals surface area contributed by atoms with E-state index < -0.39 is 44.5 Å². The normalized spacial score (nSPS) is 28.6. The van der Waals surface area contributed by atoms with E-state index >= 15 is 0 Å². The number of hydrogen-bond donors (Lipinski definition) is 1. The van der Waals surface area contributed by atoms with E-state index in [4.69, 9.17) is 19.4 Å². The molecule has 2 aromatic heterocycles. The van der Waals surface area contributed by atoms with E-state index in [9.17, 15) is 22.8 Å². The fourth-order valence-corrected chi connectivity index (χ4v) is 11.6. The van der Waals surface area contributed by atoms with Crippen LogP contribution in [-0.2, 0) is 24.4 Å². The molecule has 0 unspecified atom stereocenters. The van der Waals surface area contributed by atoms with Crippen LogP contribution in [-0.4, -0.2) is 72.9 Å². The Balaban J connectivity index is 1.10. The van der Waals surface area contributed by atoms with Gasteiger partial charge in [0.2, 0.25) is 21.8 Å². The Labute approximate surface area is 327 Å². The number of nitrogens with one attached hydrogen (secondary N) is 1. The lowest BCUT2D eigenvalue weighted by Crippen LogP contribution is -2.42. The maximum atomic E-state index is 14.5. The van der Waals surface area contributed by atoms with Gasteiger partial charge >= 0.3 is 0 Å². The van der Waals surface area contributed by atoms with Crippen molar-refractivity contribution in [2.24, 2.45) is 23.2 Å². The molecular weight excluding hydrogens is 737 g/mol. The highest BCUT2D eigenvalue weighted by Gasteiger charge is 2.61. The molecule has 3 heterocycles. The van der Waals surface area contributed by atoms with E-state index in [1.165, 1.54) is 19.3 Å². The topological polar surface area (TPSA) is 145 Å². The number of rotatable bonds is 8. The number of thiazole rings is 1. The molecule has 13 heteroatoms. The van der Waals surface area contributed by atoms with E-state index in [2.05, 4.69) is 10.1 Å². The summed E-state index contributed by atoms with van der Waals surface area (Å²) in [6, 6.07) is 5.78. The van der Waals surface area contributed by atoms with Crippen molar-refractivity contribution in [2.45, 2.75) is 114 Å². The number of benzene rings is 1. The molecule has 0 radical (unpaired) electrons. The second-order valence-corrected chi connectivity index (χ2v) is 19.4. The predicted molar refractivity (Wildman–Crippen MR) is 211 cm³/mol. The second-order valence-electron chi connectivity index (χ2n) is 16.6. The molecule has 5 aliphatic rings. The molecule has 5 atom stereocenters. The minimum Gasteiger partial charge on any atom is -0.496 e. The van der Waals surface area contributed by atoms with Crippen LogP contribution in [0.15, 0.2) is 35.7 Å². The maximum absolute atomic E-state index is 14.5. The van der Waals surface area contributed by atoms with Crippen LogP contribution in [0, 0.1) is 30.1 Å². The fraction of sp³-hybridized carbons (Fsp3) is 0.595. The summed E-state index contributed by atoms with van der Waals surface area (Å²) in [7, 11) is -0.355. The quantitative estimate of drug-likeness (QED) is 0.233. The van der Waals surface area contributed by atoms with E-state index in [0.717, 1.165) is 59.3 Å². The Kier molecular flexibility index (Phi) is 10.6. The summed E-state index contributed by atoms with van der Waals surface area (Å²) in [5, 5.41) is 3.47. The highest BCUT2D eigenvalue weighted by molar-refractivity contribution is 7.90. The number of carbonyl (C=O) groups is 3. The highest BCUT2D eigenvalue weighted by Crippen LogP contribution is 2.58. The molecule has 4 aliphatic carbocycles. The SMILES string of the molecule is COc1ccc2c(O[C@@H]3C[C@H]4C(=O)C[C@]5(C(=O)NS(=O)(=O)C6CC6)C[C@@H]5/C=C\CCCCN(C)C(=O)[C@@H]4C3)cc(-c3csc(C4CCCCC4)n3)nc2c1C. The summed E-state index contributed by atoms with van der Waals surface area (Å²) >= 11 is 1.68. The van der Waals surface area contributed by atoms with Gasteiger partial charge in [0.25, 0.3) is 0 Å². The minimum atomic E-state index is -3.79. The third-order valence-electron chi connectivity index (χ3n) is 12.8. The van der Waals surface area contributed by atoms with Gasteiger partial charge in [-0.3, -0.25) is 19.1 Å². The molecule has 2 amide bonds. The zero-order valence-corrected chi connectivity index (χ0v) is 33.7. The zero-order chi connectivity index (χ0) is 38.5. The first-order valence-electron chi connectivity index (χ1n) is 20.1. The molecule has 4 saturated carbocycles. The van der Waals surface area contributed by atoms with Gasteiger partial charge < -0.3 is 14.4 Å². The van der Waals surface area contributed by atoms with Crippen LogP contribution in [0.3, 0.4) is 0 Å². The average molecular weight is 789 g/mol. The monoisotopic (exact) mass is 788 g/mol. The van der Waals surface area contributed by atoms with Crippen molar-refractivity contribution in [1.82, 2.24) is 19.6 Å². The number of ketones is 1. The zero-order valence-electron chi connectivity index (χ0n) is 32.1. The number of allylic oxidation sites excluding steroid dienone is 2. The third-order valence-corrected chi connectivity index (χ3v) is 15.6. The van der Waals surface area contributed by atoms with Crippen LogP contribution < -0.4 is 14.2 Å². The van der Waals surface area contributed by atoms with Crippen LogP contribution >= 0.6 is 11.3 Å². The van der Waals surface area contributed by atoms with Crippen molar-refractivity contribution >= 4 is 49.9 Å². The Morgan fingerprint density at radius 2 is 1.76 bits per heavy atom. The molecule has 3 aromatic rings. The standard InChI is InChI=1S/C42H52N4O7S2/c1-25-36(52-3)17-16-30-37(21-33(43-38(25)30)34-24-54-39(44-34)26-11-7-6-8-12-26)53-28-19-31-32(20-28)40(48)46(2)18-10-5-4-9-13-27-22-42(27,23-35(31)47)41(49)45-55(50,51)29-14-15-29/h9,13,16-17,21,24,26-29,31-32H,4-8,10-12,14-15,18-20,22-23H2,1-3H3,(H,45,49)/b13-9-/t27-,28+,31+,32+,42+/m0/s1. The van der Waals surface area contributed by atoms with Crippen molar-refractivity contribution in [3.63, 3.8) is 0 Å². The molecule has 11 nitrogen and oxygen atoms in total. The molecule has 4 fully saturated rings.